The number of amides is 1. The number of imidazole rings is 1. The molecule has 1 amide bonds. The van der Waals surface area contributed by atoms with Gasteiger partial charge in [0.15, 0.2) is 11.5 Å². The summed E-state index contributed by atoms with van der Waals surface area (Å²) in [5, 5.41) is 19.6. The SMILES string of the molecule is CCC[C@H](NC(=O)c1cc(-n2nncc2C(C)C)c2ncc(-c3ccc(C)s3)n2c1)c1nnc[nH]1. The second-order valence-electron chi connectivity index (χ2n) is 8.78. The van der Waals surface area contributed by atoms with Crippen LogP contribution < -0.4 is 5.32 Å². The first-order valence-electron chi connectivity index (χ1n) is 11.6. The quantitative estimate of drug-likeness (QED) is 0.332. The van der Waals surface area contributed by atoms with Gasteiger partial charge in [0.05, 0.1) is 40.3 Å². The molecule has 5 rings (SSSR count). The molecule has 2 N–H and O–H groups in total. The van der Waals surface area contributed by atoms with Crippen molar-refractivity contribution in [3.8, 4) is 16.3 Å². The van der Waals surface area contributed by atoms with Crippen molar-refractivity contribution < 1.29 is 4.79 Å². The molecule has 0 fully saturated rings. The van der Waals surface area contributed by atoms with E-state index >= 15 is 0 Å². The number of rotatable bonds is 8. The van der Waals surface area contributed by atoms with Crippen LogP contribution in [0.1, 0.15) is 72.3 Å². The number of aromatic amines is 1. The molecular formula is C24H27N9OS. The van der Waals surface area contributed by atoms with Crippen LogP contribution >= 0.6 is 11.3 Å². The van der Waals surface area contributed by atoms with Gasteiger partial charge in [-0.05, 0) is 37.5 Å². The summed E-state index contributed by atoms with van der Waals surface area (Å²) < 4.78 is 3.73. The summed E-state index contributed by atoms with van der Waals surface area (Å²) in [7, 11) is 0. The van der Waals surface area contributed by atoms with E-state index in [9.17, 15) is 4.79 Å². The van der Waals surface area contributed by atoms with Crippen LogP contribution in [0.25, 0.3) is 21.9 Å². The number of H-pyrrole nitrogens is 1. The molecule has 5 heterocycles. The summed E-state index contributed by atoms with van der Waals surface area (Å²) in [4.78, 5) is 23.6. The Labute approximate surface area is 206 Å². The molecule has 0 unspecified atom stereocenters. The summed E-state index contributed by atoms with van der Waals surface area (Å²) in [5.41, 5.74) is 3.75. The number of aryl methyl sites for hydroxylation is 1. The molecule has 5 aromatic rings. The highest BCUT2D eigenvalue weighted by molar-refractivity contribution is 7.15. The smallest absolute Gasteiger partial charge is 0.253 e. The number of thiophene rings is 1. The van der Waals surface area contributed by atoms with Gasteiger partial charge in [-0.25, -0.2) is 9.67 Å². The Balaban J connectivity index is 1.64. The van der Waals surface area contributed by atoms with Crippen LogP contribution in [0.2, 0.25) is 0 Å². The Hall–Kier alpha value is -3.86. The Bertz CT molecular complexity index is 1460. The van der Waals surface area contributed by atoms with Crippen LogP contribution in [0.5, 0.6) is 0 Å². The lowest BCUT2D eigenvalue weighted by Crippen LogP contribution is -2.29. The standard InChI is InChI=1S/C24H27N9OS/c1-5-6-17(22-26-13-28-30-22)29-24(34)16-9-18(33-19(14(2)3)11-27-31-33)23-25-10-20(32(23)12-16)21-8-7-15(4)35-21/h7-14,17H,5-6H2,1-4H3,(H,29,34)(H,26,28,30)/t17-/m0/s1. The minimum Gasteiger partial charge on any atom is -0.342 e. The second kappa shape index (κ2) is 9.41. The Morgan fingerprint density at radius 1 is 1.23 bits per heavy atom. The number of hydrogen-bond donors (Lipinski definition) is 2. The van der Waals surface area contributed by atoms with Crippen molar-refractivity contribution in [2.24, 2.45) is 0 Å². The number of fused-ring (bicyclic) bond motifs is 1. The Kier molecular flexibility index (Phi) is 6.16. The Morgan fingerprint density at radius 3 is 2.77 bits per heavy atom. The molecule has 10 nitrogen and oxygen atoms in total. The summed E-state index contributed by atoms with van der Waals surface area (Å²) in [6.07, 6.45) is 8.57. The van der Waals surface area contributed by atoms with Gasteiger partial charge in [-0.3, -0.25) is 9.20 Å². The molecule has 0 spiro atoms. The number of nitrogens with zero attached hydrogens (tertiary/aromatic N) is 7. The summed E-state index contributed by atoms with van der Waals surface area (Å²) >= 11 is 1.69. The molecule has 180 valence electrons. The fourth-order valence-corrected chi connectivity index (χ4v) is 5.00. The monoisotopic (exact) mass is 489 g/mol. The second-order valence-corrected chi connectivity index (χ2v) is 10.1. The normalized spacial score (nSPS) is 12.5. The molecule has 35 heavy (non-hydrogen) atoms. The van der Waals surface area contributed by atoms with Gasteiger partial charge in [0, 0.05) is 11.1 Å². The van der Waals surface area contributed by atoms with E-state index in [2.05, 4.69) is 70.6 Å². The molecule has 0 aliphatic carbocycles. The number of pyridine rings is 1. The van der Waals surface area contributed by atoms with Crippen molar-refractivity contribution in [3.05, 3.63) is 65.1 Å². The van der Waals surface area contributed by atoms with Crippen LogP contribution in [0.3, 0.4) is 0 Å². The Morgan fingerprint density at radius 2 is 2.09 bits per heavy atom. The zero-order valence-electron chi connectivity index (χ0n) is 20.1. The maximum absolute atomic E-state index is 13.5. The van der Waals surface area contributed by atoms with Crippen molar-refractivity contribution in [2.75, 3.05) is 0 Å². The molecule has 0 aliphatic rings. The minimum atomic E-state index is -0.269. The maximum Gasteiger partial charge on any atom is 0.253 e. The third kappa shape index (κ3) is 4.34. The molecule has 11 heteroatoms. The minimum absolute atomic E-state index is 0.192. The molecule has 0 saturated heterocycles. The van der Waals surface area contributed by atoms with E-state index in [-0.39, 0.29) is 17.9 Å². The van der Waals surface area contributed by atoms with E-state index in [1.807, 2.05) is 22.9 Å². The zero-order valence-corrected chi connectivity index (χ0v) is 20.9. The predicted molar refractivity (Wildman–Crippen MR) is 134 cm³/mol. The third-order valence-electron chi connectivity index (χ3n) is 5.89. The third-order valence-corrected chi connectivity index (χ3v) is 6.91. The van der Waals surface area contributed by atoms with Gasteiger partial charge >= 0.3 is 0 Å². The van der Waals surface area contributed by atoms with Gasteiger partial charge in [-0.1, -0.05) is 32.4 Å². The summed E-state index contributed by atoms with van der Waals surface area (Å²) in [6.45, 7) is 8.31. The van der Waals surface area contributed by atoms with Crippen molar-refractivity contribution in [2.45, 2.75) is 52.5 Å². The fourth-order valence-electron chi connectivity index (χ4n) is 4.12. The van der Waals surface area contributed by atoms with Gasteiger partial charge in [-0.2, -0.15) is 0 Å². The van der Waals surface area contributed by atoms with Crippen LogP contribution in [0.4, 0.5) is 0 Å². The van der Waals surface area contributed by atoms with E-state index in [4.69, 9.17) is 4.98 Å². The van der Waals surface area contributed by atoms with Gasteiger partial charge < -0.3 is 10.3 Å². The highest BCUT2D eigenvalue weighted by Gasteiger charge is 2.22. The molecule has 0 bridgehead atoms. The van der Waals surface area contributed by atoms with Crippen molar-refractivity contribution >= 4 is 22.9 Å². The lowest BCUT2D eigenvalue weighted by Gasteiger charge is -2.17. The van der Waals surface area contributed by atoms with Crippen molar-refractivity contribution in [3.63, 3.8) is 0 Å². The predicted octanol–water partition coefficient (Wildman–Crippen LogP) is 4.46. The zero-order chi connectivity index (χ0) is 24.5. The molecule has 1 atom stereocenters. The number of nitrogens with one attached hydrogen (secondary N) is 2. The number of aromatic nitrogens is 8. The number of carbonyl (C=O) groups excluding carboxylic acids is 1. The van der Waals surface area contributed by atoms with E-state index in [0.717, 1.165) is 29.1 Å². The average Bonchev–Trinajstić information content (AvgIpc) is 3.64. The highest BCUT2D eigenvalue weighted by Crippen LogP contribution is 2.31. The first-order chi connectivity index (χ1) is 17.0. The summed E-state index contributed by atoms with van der Waals surface area (Å²) in [6, 6.07) is 5.71. The molecule has 0 saturated carbocycles. The molecule has 0 aliphatic heterocycles. The van der Waals surface area contributed by atoms with Crippen LogP contribution in [0, 0.1) is 6.92 Å². The molecule has 0 radical (unpaired) electrons. The topological polar surface area (TPSA) is 119 Å². The van der Waals surface area contributed by atoms with Crippen molar-refractivity contribution in [1.82, 2.24) is 44.9 Å². The van der Waals surface area contributed by atoms with E-state index in [1.165, 1.54) is 11.2 Å². The molecule has 0 aromatic carbocycles. The largest absolute Gasteiger partial charge is 0.342 e. The lowest BCUT2D eigenvalue weighted by molar-refractivity contribution is 0.0932. The lowest BCUT2D eigenvalue weighted by atomic mass is 10.1. The van der Waals surface area contributed by atoms with Crippen LogP contribution in [0.15, 0.2) is 43.1 Å². The number of hydrogen-bond acceptors (Lipinski definition) is 7. The van der Waals surface area contributed by atoms with Gasteiger partial charge in [0.25, 0.3) is 5.91 Å². The highest BCUT2D eigenvalue weighted by atomic mass is 32.1. The van der Waals surface area contributed by atoms with Gasteiger partial charge in [0.1, 0.15) is 12.0 Å². The van der Waals surface area contributed by atoms with Crippen LogP contribution in [-0.2, 0) is 0 Å². The van der Waals surface area contributed by atoms with E-state index in [1.54, 1.807) is 22.2 Å². The summed E-state index contributed by atoms with van der Waals surface area (Å²) in [5.74, 6) is 0.616. The first-order valence-corrected chi connectivity index (χ1v) is 12.4. The first kappa shape index (κ1) is 22.9. The van der Waals surface area contributed by atoms with E-state index in [0.29, 0.717) is 22.7 Å². The molecule has 5 aromatic heterocycles. The van der Waals surface area contributed by atoms with Crippen molar-refractivity contribution in [1.29, 1.82) is 0 Å². The van der Waals surface area contributed by atoms with Crippen LogP contribution in [-0.4, -0.2) is 45.5 Å². The fraction of sp³-hybridized carbons (Fsp3) is 0.333. The average molecular weight is 490 g/mol. The maximum atomic E-state index is 13.5. The molecular weight excluding hydrogens is 462 g/mol. The number of carbonyl (C=O) groups is 1. The van der Waals surface area contributed by atoms with Gasteiger partial charge in [-0.15, -0.1) is 26.6 Å². The van der Waals surface area contributed by atoms with Gasteiger partial charge in [0.2, 0.25) is 0 Å². The van der Waals surface area contributed by atoms with E-state index < -0.39 is 0 Å².